The normalized spacial score (nSPS) is 28.8. The molecule has 1 unspecified atom stereocenters. The summed E-state index contributed by atoms with van der Waals surface area (Å²) in [4.78, 5) is 50.0. The molecule has 8 nitrogen and oxygen atoms in total. The van der Waals surface area contributed by atoms with Gasteiger partial charge in [-0.05, 0) is 73.4 Å². The summed E-state index contributed by atoms with van der Waals surface area (Å²) in [5.41, 5.74) is 1.48. The Kier molecular flexibility index (Phi) is 8.40. The fraction of sp³-hybridized carbons (Fsp3) is 0.410. The summed E-state index contributed by atoms with van der Waals surface area (Å²) in [7, 11) is 0. The maximum atomic E-state index is 15.1. The molecule has 0 saturated carbocycles. The fourth-order valence-corrected chi connectivity index (χ4v) is 10.5. The SMILES string of the molecule is CCOc1ccc(N2CC=C[C@@]3(C)S[C@]45C=CCN(c6ccc7ccccc7c6)C(=O)C4N([C@@H](CO)CC(C)C)C(=O)[C@@H]5[C@H]3C2=O)cc1. The lowest BCUT2D eigenvalue weighted by molar-refractivity contribution is -0.142. The average Bonchev–Trinajstić information content (AvgIpc) is 3.35. The number of ether oxygens (including phenoxy) is 1. The minimum absolute atomic E-state index is 0.143. The van der Waals surface area contributed by atoms with E-state index in [0.29, 0.717) is 26.1 Å². The summed E-state index contributed by atoms with van der Waals surface area (Å²) in [6.45, 7) is 9.04. The number of hydrogen-bond acceptors (Lipinski definition) is 6. The maximum absolute atomic E-state index is 15.1. The highest BCUT2D eigenvalue weighted by molar-refractivity contribution is 8.02. The molecule has 4 heterocycles. The highest BCUT2D eigenvalue weighted by Gasteiger charge is 2.74. The molecule has 0 radical (unpaired) electrons. The van der Waals surface area contributed by atoms with E-state index in [0.717, 1.165) is 27.9 Å². The first kappa shape index (κ1) is 32.5. The Morgan fingerprint density at radius 2 is 1.52 bits per heavy atom. The smallest absolute Gasteiger partial charge is 0.251 e. The van der Waals surface area contributed by atoms with Crippen molar-refractivity contribution in [1.29, 1.82) is 0 Å². The zero-order valence-corrected chi connectivity index (χ0v) is 28.7. The highest BCUT2D eigenvalue weighted by Crippen LogP contribution is 2.66. The number of likely N-dealkylation sites (tertiary alicyclic amines) is 1. The Balaban J connectivity index is 1.33. The molecule has 3 aromatic carbocycles. The van der Waals surface area contributed by atoms with Crippen molar-refractivity contribution in [3.05, 3.63) is 91.0 Å². The number of anilines is 2. The van der Waals surface area contributed by atoms with Crippen molar-refractivity contribution in [2.24, 2.45) is 17.8 Å². The minimum atomic E-state index is -1.01. The second kappa shape index (κ2) is 12.4. The van der Waals surface area contributed by atoms with Crippen LogP contribution in [0.1, 0.15) is 34.1 Å². The molecule has 7 rings (SSSR count). The molecule has 4 aliphatic heterocycles. The summed E-state index contributed by atoms with van der Waals surface area (Å²) < 4.78 is 3.89. The van der Waals surface area contributed by atoms with E-state index in [9.17, 15) is 9.90 Å². The summed E-state index contributed by atoms with van der Waals surface area (Å²) in [6, 6.07) is 20.0. The Morgan fingerprint density at radius 3 is 2.21 bits per heavy atom. The van der Waals surface area contributed by atoms with Crippen molar-refractivity contribution in [3.63, 3.8) is 0 Å². The number of aliphatic hydroxyl groups excluding tert-OH is 1. The van der Waals surface area contributed by atoms with Crippen LogP contribution in [-0.2, 0) is 14.4 Å². The van der Waals surface area contributed by atoms with Crippen LogP contribution in [0.4, 0.5) is 11.4 Å². The largest absolute Gasteiger partial charge is 0.494 e. The molecule has 1 N–H and O–H groups in total. The van der Waals surface area contributed by atoms with E-state index in [4.69, 9.17) is 4.74 Å². The second-order valence-electron chi connectivity index (χ2n) is 13.9. The number of fused-ring (bicyclic) bond motifs is 3. The zero-order valence-electron chi connectivity index (χ0n) is 27.9. The van der Waals surface area contributed by atoms with Gasteiger partial charge in [-0.2, -0.15) is 0 Å². The van der Waals surface area contributed by atoms with Gasteiger partial charge < -0.3 is 24.5 Å². The Morgan fingerprint density at radius 1 is 0.854 bits per heavy atom. The van der Waals surface area contributed by atoms with E-state index in [-0.39, 0.29) is 30.2 Å². The Labute approximate surface area is 286 Å². The van der Waals surface area contributed by atoms with Crippen LogP contribution in [0, 0.1) is 17.8 Å². The quantitative estimate of drug-likeness (QED) is 0.304. The number of rotatable bonds is 8. The highest BCUT2D eigenvalue weighted by atomic mass is 32.2. The second-order valence-corrected chi connectivity index (χ2v) is 15.7. The molecule has 2 fully saturated rings. The average molecular weight is 666 g/mol. The number of amides is 3. The molecule has 3 amide bonds. The summed E-state index contributed by atoms with van der Waals surface area (Å²) >= 11 is 1.56. The van der Waals surface area contributed by atoms with E-state index in [1.165, 1.54) is 0 Å². The van der Waals surface area contributed by atoms with Crippen molar-refractivity contribution in [3.8, 4) is 5.75 Å². The van der Waals surface area contributed by atoms with Crippen LogP contribution < -0.4 is 14.5 Å². The van der Waals surface area contributed by atoms with E-state index in [2.05, 4.69) is 19.9 Å². The third kappa shape index (κ3) is 5.13. The van der Waals surface area contributed by atoms with Crippen LogP contribution in [0.2, 0.25) is 0 Å². The van der Waals surface area contributed by atoms with Crippen LogP contribution >= 0.6 is 11.8 Å². The van der Waals surface area contributed by atoms with Gasteiger partial charge in [0, 0.05) is 29.2 Å². The zero-order chi connectivity index (χ0) is 33.8. The number of aliphatic hydroxyl groups is 1. The number of carbonyl (C=O) groups excluding carboxylic acids is 3. The maximum Gasteiger partial charge on any atom is 0.251 e. The summed E-state index contributed by atoms with van der Waals surface area (Å²) in [5.74, 6) is -1.20. The van der Waals surface area contributed by atoms with Crippen molar-refractivity contribution in [2.75, 3.05) is 36.1 Å². The third-order valence-electron chi connectivity index (χ3n) is 10.3. The molecular formula is C39H43N3O5S. The topological polar surface area (TPSA) is 90.4 Å². The molecular weight excluding hydrogens is 623 g/mol. The fourth-order valence-electron chi connectivity index (χ4n) is 8.37. The van der Waals surface area contributed by atoms with Crippen molar-refractivity contribution >= 4 is 51.6 Å². The van der Waals surface area contributed by atoms with Crippen molar-refractivity contribution < 1.29 is 24.2 Å². The van der Waals surface area contributed by atoms with Gasteiger partial charge >= 0.3 is 0 Å². The molecule has 3 aromatic rings. The Bertz CT molecular complexity index is 1810. The van der Waals surface area contributed by atoms with Gasteiger partial charge in [0.2, 0.25) is 11.8 Å². The van der Waals surface area contributed by atoms with Crippen LogP contribution in [0.25, 0.3) is 10.8 Å². The Hall–Kier alpha value is -4.08. The molecule has 48 heavy (non-hydrogen) atoms. The van der Waals surface area contributed by atoms with E-state index in [1.54, 1.807) is 26.5 Å². The molecule has 250 valence electrons. The predicted octanol–water partition coefficient (Wildman–Crippen LogP) is 5.84. The molecule has 1 spiro atoms. The number of hydrogen-bond donors (Lipinski definition) is 1. The molecule has 2 saturated heterocycles. The lowest BCUT2D eigenvalue weighted by Crippen LogP contribution is -2.57. The van der Waals surface area contributed by atoms with Gasteiger partial charge in [0.15, 0.2) is 0 Å². The van der Waals surface area contributed by atoms with Crippen LogP contribution in [0.15, 0.2) is 91.0 Å². The van der Waals surface area contributed by atoms with Gasteiger partial charge in [-0.1, -0.05) is 68.5 Å². The number of nitrogens with zero attached hydrogens (tertiary/aromatic N) is 3. The first-order valence-electron chi connectivity index (χ1n) is 16.9. The van der Waals surface area contributed by atoms with Crippen LogP contribution in [0.5, 0.6) is 5.75 Å². The first-order chi connectivity index (χ1) is 23.1. The van der Waals surface area contributed by atoms with Gasteiger partial charge in [0.1, 0.15) is 11.8 Å². The number of carbonyl (C=O) groups is 3. The van der Waals surface area contributed by atoms with E-state index >= 15 is 9.59 Å². The van der Waals surface area contributed by atoms with Gasteiger partial charge in [-0.15, -0.1) is 11.8 Å². The van der Waals surface area contributed by atoms with Crippen LogP contribution in [-0.4, -0.2) is 75.6 Å². The minimum Gasteiger partial charge on any atom is -0.494 e. The molecule has 0 bridgehead atoms. The molecule has 0 aromatic heterocycles. The number of benzene rings is 3. The number of thioether (sulfide) groups is 1. The molecule has 4 aliphatic rings. The standard InChI is InChI=1S/C39H43N3O5S/c1-5-47-31-16-14-28(15-17-31)40-20-8-18-38(4)32(35(40)44)33-36(45)42(30(24-43)22-25(2)3)34-37(46)41(21-9-19-39(33,34)48-38)29-13-12-26-10-6-7-11-27(26)23-29/h6-19,23,25,30,32-34,43H,5,20-22,24H2,1-4H3/t30-,32+,33+,34?,38-,39+/m1/s1. The van der Waals surface area contributed by atoms with Crippen molar-refractivity contribution in [1.82, 2.24) is 4.90 Å². The monoisotopic (exact) mass is 665 g/mol. The third-order valence-corrected chi connectivity index (χ3v) is 12.1. The van der Waals surface area contributed by atoms with E-state index < -0.39 is 33.4 Å². The molecule has 6 atom stereocenters. The predicted molar refractivity (Wildman–Crippen MR) is 191 cm³/mol. The van der Waals surface area contributed by atoms with Gasteiger partial charge in [0.05, 0.1) is 35.8 Å². The lowest BCUT2D eigenvalue weighted by atomic mass is 9.74. The van der Waals surface area contributed by atoms with Gasteiger partial charge in [-0.3, -0.25) is 14.4 Å². The lowest BCUT2D eigenvalue weighted by Gasteiger charge is -2.40. The summed E-state index contributed by atoms with van der Waals surface area (Å²) in [5, 5.41) is 12.8. The summed E-state index contributed by atoms with van der Waals surface area (Å²) in [6.07, 6.45) is 8.64. The van der Waals surface area contributed by atoms with Gasteiger partial charge in [0.25, 0.3) is 5.91 Å². The van der Waals surface area contributed by atoms with Crippen molar-refractivity contribution in [2.45, 2.75) is 55.7 Å². The van der Waals surface area contributed by atoms with Crippen LogP contribution in [0.3, 0.4) is 0 Å². The molecule has 9 heteroatoms. The van der Waals surface area contributed by atoms with Gasteiger partial charge in [-0.25, -0.2) is 0 Å². The first-order valence-corrected chi connectivity index (χ1v) is 17.8. The van der Waals surface area contributed by atoms with E-state index in [1.807, 2.05) is 98.8 Å². The molecule has 0 aliphatic carbocycles.